The molecule has 0 aromatic heterocycles. The fourth-order valence-corrected chi connectivity index (χ4v) is 2.01. The van der Waals surface area contributed by atoms with E-state index < -0.39 is 0 Å². The number of anilines is 3. The average Bonchev–Trinajstić information content (AvgIpc) is 2.51. The Balaban J connectivity index is 2.22. The van der Waals surface area contributed by atoms with Crippen molar-refractivity contribution in [1.29, 1.82) is 0 Å². The van der Waals surface area contributed by atoms with Crippen LogP contribution in [0.4, 0.5) is 17.1 Å². The van der Waals surface area contributed by atoms with E-state index in [-0.39, 0.29) is 5.97 Å². The van der Waals surface area contributed by atoms with Crippen LogP contribution in [0.2, 0.25) is 0 Å². The Morgan fingerprint density at radius 1 is 1.09 bits per heavy atom. The summed E-state index contributed by atoms with van der Waals surface area (Å²) in [6.07, 6.45) is 0. The van der Waals surface area contributed by atoms with Crippen molar-refractivity contribution in [3.8, 4) is 5.75 Å². The minimum atomic E-state index is -0.379. The predicted octanol–water partition coefficient (Wildman–Crippen LogP) is 3.59. The smallest absolute Gasteiger partial charge is 0.338 e. The molecule has 0 bridgehead atoms. The lowest BCUT2D eigenvalue weighted by Gasteiger charge is -2.14. The third-order valence-electron chi connectivity index (χ3n) is 3.02. The maximum atomic E-state index is 11.7. The molecule has 22 heavy (non-hydrogen) atoms. The van der Waals surface area contributed by atoms with E-state index in [9.17, 15) is 4.79 Å². The summed E-state index contributed by atoms with van der Waals surface area (Å²) in [5, 5.41) is 3.22. The third kappa shape index (κ3) is 3.69. The van der Waals surface area contributed by atoms with E-state index in [2.05, 4.69) is 5.32 Å². The predicted molar refractivity (Wildman–Crippen MR) is 87.7 cm³/mol. The first-order valence-corrected chi connectivity index (χ1v) is 7.21. The first kappa shape index (κ1) is 15.7. The summed E-state index contributed by atoms with van der Waals surface area (Å²) in [6.45, 7) is 4.61. The number of rotatable bonds is 6. The molecule has 116 valence electrons. The number of benzene rings is 2. The van der Waals surface area contributed by atoms with Gasteiger partial charge in [0.2, 0.25) is 0 Å². The molecule has 2 rings (SSSR count). The molecule has 0 saturated carbocycles. The maximum absolute atomic E-state index is 11.7. The number of nitrogen functional groups attached to an aromatic ring is 1. The molecule has 2 aromatic carbocycles. The highest BCUT2D eigenvalue weighted by Crippen LogP contribution is 2.30. The van der Waals surface area contributed by atoms with Gasteiger partial charge in [-0.3, -0.25) is 0 Å². The molecule has 0 aliphatic rings. The molecule has 5 heteroatoms. The molecule has 0 amide bonds. The largest absolute Gasteiger partial charge is 0.492 e. The topological polar surface area (TPSA) is 73.6 Å². The molecule has 0 atom stereocenters. The van der Waals surface area contributed by atoms with Crippen LogP contribution in [0, 0.1) is 0 Å². The van der Waals surface area contributed by atoms with Gasteiger partial charge in [0.15, 0.2) is 0 Å². The van der Waals surface area contributed by atoms with Gasteiger partial charge in [0, 0.05) is 0 Å². The summed E-state index contributed by atoms with van der Waals surface area (Å²) in [7, 11) is 0. The quantitative estimate of drug-likeness (QED) is 0.630. The molecule has 5 nitrogen and oxygen atoms in total. The van der Waals surface area contributed by atoms with E-state index in [0.29, 0.717) is 30.2 Å². The van der Waals surface area contributed by atoms with Crippen molar-refractivity contribution in [2.45, 2.75) is 13.8 Å². The first-order valence-electron chi connectivity index (χ1n) is 7.21. The minimum absolute atomic E-state index is 0.334. The van der Waals surface area contributed by atoms with Crippen LogP contribution in [0.15, 0.2) is 42.5 Å². The van der Waals surface area contributed by atoms with Crippen LogP contribution in [-0.2, 0) is 4.74 Å². The van der Waals surface area contributed by atoms with E-state index in [1.54, 1.807) is 25.1 Å². The summed E-state index contributed by atoms with van der Waals surface area (Å²) in [5.74, 6) is 0.370. The molecule has 0 aliphatic heterocycles. The van der Waals surface area contributed by atoms with E-state index in [1.165, 1.54) is 0 Å². The number of hydrogen-bond donors (Lipinski definition) is 2. The molecule has 0 aliphatic carbocycles. The summed E-state index contributed by atoms with van der Waals surface area (Å²) in [4.78, 5) is 11.7. The second kappa shape index (κ2) is 7.36. The molecule has 0 unspecified atom stereocenters. The van der Waals surface area contributed by atoms with Gasteiger partial charge in [0.1, 0.15) is 5.75 Å². The van der Waals surface area contributed by atoms with Crippen molar-refractivity contribution < 1.29 is 14.3 Å². The maximum Gasteiger partial charge on any atom is 0.338 e. The van der Waals surface area contributed by atoms with Crippen LogP contribution >= 0.6 is 0 Å². The molecule has 0 heterocycles. The minimum Gasteiger partial charge on any atom is -0.492 e. The van der Waals surface area contributed by atoms with Crippen LogP contribution < -0.4 is 15.8 Å². The zero-order valence-electron chi connectivity index (χ0n) is 12.8. The second-order valence-electron chi connectivity index (χ2n) is 4.58. The molecular formula is C17H20N2O3. The second-order valence-corrected chi connectivity index (χ2v) is 4.58. The van der Waals surface area contributed by atoms with Gasteiger partial charge in [-0.25, -0.2) is 4.79 Å². The normalized spacial score (nSPS) is 10.1. The monoisotopic (exact) mass is 300 g/mol. The Kier molecular flexibility index (Phi) is 5.25. The van der Waals surface area contributed by atoms with Crippen molar-refractivity contribution in [3.63, 3.8) is 0 Å². The van der Waals surface area contributed by atoms with Crippen molar-refractivity contribution >= 4 is 23.0 Å². The van der Waals surface area contributed by atoms with Gasteiger partial charge < -0.3 is 20.5 Å². The van der Waals surface area contributed by atoms with Crippen LogP contribution in [0.5, 0.6) is 5.75 Å². The number of nitrogens with two attached hydrogens (primary N) is 1. The molecule has 0 fully saturated rings. The molecular weight excluding hydrogens is 280 g/mol. The van der Waals surface area contributed by atoms with Gasteiger partial charge >= 0.3 is 5.97 Å². The Morgan fingerprint density at radius 2 is 1.86 bits per heavy atom. The summed E-state index contributed by atoms with van der Waals surface area (Å²) < 4.78 is 10.5. The number of carbonyl (C=O) groups excluding carboxylic acids is 1. The molecule has 0 saturated heterocycles. The van der Waals surface area contributed by atoms with E-state index >= 15 is 0 Å². The van der Waals surface area contributed by atoms with Gasteiger partial charge in [0.25, 0.3) is 0 Å². The fraction of sp³-hybridized carbons (Fsp3) is 0.235. The highest BCUT2D eigenvalue weighted by Gasteiger charge is 2.10. The molecule has 0 spiro atoms. The molecule has 2 aromatic rings. The number of para-hydroxylation sites is 2. The standard InChI is InChI=1S/C17H20N2O3/c1-3-21-16-8-6-5-7-15(16)19-14-10-9-12(11-13(14)18)17(20)22-4-2/h5-11,19H,3-4,18H2,1-2H3. The van der Waals surface area contributed by atoms with Crippen molar-refractivity contribution in [3.05, 3.63) is 48.0 Å². The molecule has 3 N–H and O–H groups in total. The van der Waals surface area contributed by atoms with Crippen LogP contribution in [-0.4, -0.2) is 19.2 Å². The van der Waals surface area contributed by atoms with Crippen LogP contribution in [0.1, 0.15) is 24.2 Å². The van der Waals surface area contributed by atoms with Crippen LogP contribution in [0.3, 0.4) is 0 Å². The summed E-state index contributed by atoms with van der Waals surface area (Å²) in [5.41, 5.74) is 8.45. The number of nitrogens with one attached hydrogen (secondary N) is 1. The van der Waals surface area contributed by atoms with Gasteiger partial charge in [-0.15, -0.1) is 0 Å². The lowest BCUT2D eigenvalue weighted by molar-refractivity contribution is 0.0526. The SMILES string of the molecule is CCOC(=O)c1ccc(Nc2ccccc2OCC)c(N)c1. The number of esters is 1. The zero-order valence-corrected chi connectivity index (χ0v) is 12.8. The Hall–Kier alpha value is -2.69. The number of carbonyl (C=O) groups is 1. The Bertz CT molecular complexity index is 656. The van der Waals surface area contributed by atoms with Crippen molar-refractivity contribution in [2.75, 3.05) is 24.3 Å². The van der Waals surface area contributed by atoms with Gasteiger partial charge in [-0.05, 0) is 44.2 Å². The Labute approximate surface area is 130 Å². The third-order valence-corrected chi connectivity index (χ3v) is 3.02. The zero-order chi connectivity index (χ0) is 15.9. The fourth-order valence-electron chi connectivity index (χ4n) is 2.01. The van der Waals surface area contributed by atoms with Crippen LogP contribution in [0.25, 0.3) is 0 Å². The van der Waals surface area contributed by atoms with Crippen molar-refractivity contribution in [2.24, 2.45) is 0 Å². The van der Waals surface area contributed by atoms with Crippen molar-refractivity contribution in [1.82, 2.24) is 0 Å². The average molecular weight is 300 g/mol. The number of hydrogen-bond acceptors (Lipinski definition) is 5. The Morgan fingerprint density at radius 3 is 2.55 bits per heavy atom. The van der Waals surface area contributed by atoms with Gasteiger partial charge in [-0.2, -0.15) is 0 Å². The number of ether oxygens (including phenoxy) is 2. The van der Waals surface area contributed by atoms with E-state index in [0.717, 1.165) is 11.4 Å². The summed E-state index contributed by atoms with van der Waals surface area (Å²) >= 11 is 0. The first-order chi connectivity index (χ1) is 10.7. The molecule has 0 radical (unpaired) electrons. The van der Waals surface area contributed by atoms with E-state index in [1.807, 2.05) is 31.2 Å². The highest BCUT2D eigenvalue weighted by atomic mass is 16.5. The van der Waals surface area contributed by atoms with E-state index in [4.69, 9.17) is 15.2 Å². The van der Waals surface area contributed by atoms with Gasteiger partial charge in [0.05, 0.1) is 35.8 Å². The highest BCUT2D eigenvalue weighted by molar-refractivity contribution is 5.92. The van der Waals surface area contributed by atoms with Gasteiger partial charge in [-0.1, -0.05) is 12.1 Å². The lowest BCUT2D eigenvalue weighted by atomic mass is 10.1. The summed E-state index contributed by atoms with van der Waals surface area (Å²) in [6, 6.07) is 12.6. The lowest BCUT2D eigenvalue weighted by Crippen LogP contribution is -2.06.